The highest BCUT2D eigenvalue weighted by molar-refractivity contribution is 6.33. The Balaban J connectivity index is 3.10. The van der Waals surface area contributed by atoms with Gasteiger partial charge in [-0.2, -0.15) is 0 Å². The first-order chi connectivity index (χ1) is 5.29. The molecule has 0 fully saturated rings. The first-order valence-electron chi connectivity index (χ1n) is 2.76. The number of hydrogen-bond donors (Lipinski definition) is 0. The number of aromatic nitrogens is 3. The molecule has 0 aromatic carbocycles. The van der Waals surface area contributed by atoms with E-state index in [2.05, 4.69) is 15.4 Å². The Kier molecular flexibility index (Phi) is 2.43. The van der Waals surface area contributed by atoms with E-state index in [9.17, 15) is 0 Å². The summed E-state index contributed by atoms with van der Waals surface area (Å²) in [4.78, 5) is 0. The monoisotopic (exact) mass is 175 g/mol. The van der Waals surface area contributed by atoms with Crippen molar-refractivity contribution in [3.05, 3.63) is 5.02 Å². The lowest BCUT2D eigenvalue weighted by Crippen LogP contribution is -1.97. The van der Waals surface area contributed by atoms with Crippen molar-refractivity contribution in [2.24, 2.45) is 0 Å². The van der Waals surface area contributed by atoms with E-state index in [4.69, 9.17) is 21.1 Å². The summed E-state index contributed by atoms with van der Waals surface area (Å²) < 4.78 is 9.52. The largest absolute Gasteiger partial charge is 0.479 e. The molecule has 0 bridgehead atoms. The van der Waals surface area contributed by atoms with Gasteiger partial charge in [0, 0.05) is 0 Å². The molecule has 0 atom stereocenters. The van der Waals surface area contributed by atoms with E-state index >= 15 is 0 Å². The van der Waals surface area contributed by atoms with Gasteiger partial charge in [-0.15, -0.1) is 0 Å². The highest BCUT2D eigenvalue weighted by atomic mass is 35.5. The van der Waals surface area contributed by atoms with E-state index in [-0.39, 0.29) is 16.8 Å². The number of methoxy groups -OCH3 is 2. The number of hydrogen-bond acceptors (Lipinski definition) is 5. The first-order valence-corrected chi connectivity index (χ1v) is 3.14. The molecule has 0 radical (unpaired) electrons. The van der Waals surface area contributed by atoms with Crippen LogP contribution in [0.5, 0.6) is 11.8 Å². The maximum absolute atomic E-state index is 5.69. The van der Waals surface area contributed by atoms with Crippen LogP contribution in [0, 0.1) is 0 Å². The van der Waals surface area contributed by atoms with Crippen LogP contribution in [0.1, 0.15) is 0 Å². The fraction of sp³-hybridized carbons (Fsp3) is 0.400. The molecule has 1 aromatic rings. The van der Waals surface area contributed by atoms with Crippen LogP contribution in [0.4, 0.5) is 0 Å². The zero-order chi connectivity index (χ0) is 8.27. The average Bonchev–Trinajstić information content (AvgIpc) is 2.05. The predicted molar refractivity (Wildman–Crippen MR) is 37.9 cm³/mol. The lowest BCUT2D eigenvalue weighted by Gasteiger charge is -2.01. The van der Waals surface area contributed by atoms with Gasteiger partial charge in [-0.3, -0.25) is 0 Å². The molecule has 5 nitrogen and oxygen atoms in total. The van der Waals surface area contributed by atoms with Gasteiger partial charge in [-0.1, -0.05) is 21.8 Å². The third kappa shape index (κ3) is 1.48. The van der Waals surface area contributed by atoms with Gasteiger partial charge in [0.15, 0.2) is 5.02 Å². The summed E-state index contributed by atoms with van der Waals surface area (Å²) >= 11 is 5.69. The summed E-state index contributed by atoms with van der Waals surface area (Å²) in [5.41, 5.74) is 0. The van der Waals surface area contributed by atoms with Crippen LogP contribution in [0.2, 0.25) is 5.02 Å². The maximum Gasteiger partial charge on any atom is 0.259 e. The Morgan fingerprint density at radius 1 is 1.09 bits per heavy atom. The van der Waals surface area contributed by atoms with Crippen LogP contribution in [0.15, 0.2) is 0 Å². The minimum Gasteiger partial charge on any atom is -0.479 e. The van der Waals surface area contributed by atoms with Gasteiger partial charge < -0.3 is 9.47 Å². The molecule has 0 aliphatic rings. The summed E-state index contributed by atoms with van der Waals surface area (Å²) in [5.74, 6) is 0.414. The van der Waals surface area contributed by atoms with Gasteiger partial charge >= 0.3 is 0 Å². The van der Waals surface area contributed by atoms with Crippen molar-refractivity contribution in [3.8, 4) is 11.8 Å². The van der Waals surface area contributed by atoms with Crippen molar-refractivity contribution in [1.29, 1.82) is 0 Å². The van der Waals surface area contributed by atoms with Crippen LogP contribution in [0.3, 0.4) is 0 Å². The van der Waals surface area contributed by atoms with E-state index in [0.717, 1.165) is 0 Å². The molecular formula is C5H6ClN3O2. The summed E-state index contributed by atoms with van der Waals surface area (Å²) in [6.07, 6.45) is 0. The molecular weight excluding hydrogens is 170 g/mol. The van der Waals surface area contributed by atoms with Crippen molar-refractivity contribution >= 4 is 11.6 Å². The number of ether oxygens (including phenoxy) is 2. The Morgan fingerprint density at radius 2 is 1.55 bits per heavy atom. The van der Waals surface area contributed by atoms with E-state index < -0.39 is 0 Å². The number of halogens is 1. The van der Waals surface area contributed by atoms with Crippen LogP contribution >= 0.6 is 11.6 Å². The lowest BCUT2D eigenvalue weighted by atomic mass is 10.6. The van der Waals surface area contributed by atoms with Crippen molar-refractivity contribution < 1.29 is 9.47 Å². The second-order valence-electron chi connectivity index (χ2n) is 1.62. The fourth-order valence-electron chi connectivity index (χ4n) is 0.544. The van der Waals surface area contributed by atoms with Crippen LogP contribution in [0.25, 0.3) is 0 Å². The summed E-state index contributed by atoms with van der Waals surface area (Å²) in [7, 11) is 2.88. The molecule has 0 saturated heterocycles. The van der Waals surface area contributed by atoms with E-state index in [0.29, 0.717) is 0 Å². The molecule has 60 valence electrons. The topological polar surface area (TPSA) is 57.1 Å². The molecule has 1 aromatic heterocycles. The van der Waals surface area contributed by atoms with Gasteiger partial charge in [0.2, 0.25) is 0 Å². The second-order valence-corrected chi connectivity index (χ2v) is 2.00. The molecule has 0 saturated carbocycles. The van der Waals surface area contributed by atoms with Crippen molar-refractivity contribution in [3.63, 3.8) is 0 Å². The smallest absolute Gasteiger partial charge is 0.259 e. The Labute approximate surface area is 68.3 Å². The van der Waals surface area contributed by atoms with Gasteiger partial charge in [0.1, 0.15) is 0 Å². The van der Waals surface area contributed by atoms with Gasteiger partial charge in [-0.25, -0.2) is 0 Å². The van der Waals surface area contributed by atoms with Gasteiger partial charge in [0.05, 0.1) is 14.2 Å². The fourth-order valence-corrected chi connectivity index (χ4v) is 0.774. The molecule has 0 N–H and O–H groups in total. The molecule has 1 rings (SSSR count). The normalized spacial score (nSPS) is 9.36. The van der Waals surface area contributed by atoms with Crippen LogP contribution < -0.4 is 9.47 Å². The Hall–Kier alpha value is -1.10. The summed E-state index contributed by atoms with van der Waals surface area (Å²) in [6.45, 7) is 0. The molecule has 1 heterocycles. The van der Waals surface area contributed by atoms with Crippen molar-refractivity contribution in [2.75, 3.05) is 14.2 Å². The van der Waals surface area contributed by atoms with Crippen molar-refractivity contribution in [2.45, 2.75) is 0 Å². The van der Waals surface area contributed by atoms with Gasteiger partial charge in [0.25, 0.3) is 11.8 Å². The third-order valence-electron chi connectivity index (χ3n) is 1.03. The SMILES string of the molecule is COc1nnnc(OC)c1Cl. The van der Waals surface area contributed by atoms with Crippen LogP contribution in [-0.4, -0.2) is 29.6 Å². The molecule has 0 spiro atoms. The maximum atomic E-state index is 5.69. The Bertz CT molecular complexity index is 233. The predicted octanol–water partition coefficient (Wildman–Crippen LogP) is 0.542. The number of nitrogens with zero attached hydrogens (tertiary/aromatic N) is 3. The van der Waals surface area contributed by atoms with E-state index in [1.807, 2.05) is 0 Å². The zero-order valence-corrected chi connectivity index (χ0v) is 6.79. The third-order valence-corrected chi connectivity index (χ3v) is 1.36. The van der Waals surface area contributed by atoms with E-state index in [1.165, 1.54) is 14.2 Å². The second kappa shape index (κ2) is 3.34. The number of rotatable bonds is 2. The highest BCUT2D eigenvalue weighted by Gasteiger charge is 2.09. The van der Waals surface area contributed by atoms with E-state index in [1.54, 1.807) is 0 Å². The lowest BCUT2D eigenvalue weighted by molar-refractivity contribution is 0.359. The zero-order valence-electron chi connectivity index (χ0n) is 6.04. The van der Waals surface area contributed by atoms with Crippen LogP contribution in [-0.2, 0) is 0 Å². The molecule has 0 unspecified atom stereocenters. The van der Waals surface area contributed by atoms with Gasteiger partial charge in [-0.05, 0) is 5.21 Å². The minimum absolute atomic E-state index is 0.207. The molecule has 6 heteroatoms. The standard InChI is InChI=1S/C5H6ClN3O2/c1-10-4-3(6)5(11-2)8-9-7-4/h1-2H3. The molecule has 11 heavy (non-hydrogen) atoms. The molecule has 0 aliphatic carbocycles. The minimum atomic E-state index is 0.207. The summed E-state index contributed by atoms with van der Waals surface area (Å²) in [6, 6.07) is 0. The summed E-state index contributed by atoms with van der Waals surface area (Å²) in [5, 5.41) is 10.6. The molecule has 0 aliphatic heterocycles. The average molecular weight is 176 g/mol. The highest BCUT2D eigenvalue weighted by Crippen LogP contribution is 2.27. The van der Waals surface area contributed by atoms with Crippen molar-refractivity contribution in [1.82, 2.24) is 15.4 Å². The molecule has 0 amide bonds. The Morgan fingerprint density at radius 3 is 1.91 bits per heavy atom. The first kappa shape index (κ1) is 8.00. The quantitative estimate of drug-likeness (QED) is 0.657.